The van der Waals surface area contributed by atoms with Gasteiger partial charge in [0.1, 0.15) is 0 Å². The minimum absolute atomic E-state index is 0.00454. The van der Waals surface area contributed by atoms with E-state index in [1.165, 1.54) is 0 Å². The van der Waals surface area contributed by atoms with Crippen molar-refractivity contribution >= 4 is 17.5 Å². The molecule has 1 fully saturated rings. The van der Waals surface area contributed by atoms with Crippen LogP contribution < -0.4 is 5.32 Å². The van der Waals surface area contributed by atoms with Gasteiger partial charge in [-0.1, -0.05) is 0 Å². The second-order valence-electron chi connectivity index (χ2n) is 1.82. The van der Waals surface area contributed by atoms with Crippen molar-refractivity contribution in [1.29, 1.82) is 0 Å². The van der Waals surface area contributed by atoms with Gasteiger partial charge in [-0.2, -0.15) is 0 Å². The number of carbonyl (C=O) groups is 3. The summed E-state index contributed by atoms with van der Waals surface area (Å²) in [5.74, 6) is -1.50. The molecule has 0 aromatic heterocycles. The first-order valence-electron chi connectivity index (χ1n) is 2.53. The first-order chi connectivity index (χ1) is 4.20. The van der Waals surface area contributed by atoms with E-state index in [4.69, 9.17) is 0 Å². The van der Waals surface area contributed by atoms with Crippen LogP contribution in [-0.4, -0.2) is 24.0 Å². The van der Waals surface area contributed by atoms with Crippen LogP contribution in [0.5, 0.6) is 0 Å². The molecule has 0 atom stereocenters. The van der Waals surface area contributed by atoms with Crippen LogP contribution in [0.3, 0.4) is 0 Å². The van der Waals surface area contributed by atoms with Crippen LogP contribution in [0, 0.1) is 0 Å². The third-order valence-electron chi connectivity index (χ3n) is 1.06. The van der Waals surface area contributed by atoms with Crippen molar-refractivity contribution in [2.75, 3.05) is 6.54 Å². The Morgan fingerprint density at radius 1 is 1.22 bits per heavy atom. The van der Waals surface area contributed by atoms with E-state index in [1.807, 2.05) is 0 Å². The molecule has 0 saturated carbocycles. The average Bonchev–Trinajstić information content (AvgIpc) is 1.80. The van der Waals surface area contributed by atoms with Crippen molar-refractivity contribution in [3.8, 4) is 0 Å². The summed E-state index contributed by atoms with van der Waals surface area (Å²) < 4.78 is 0. The van der Waals surface area contributed by atoms with Gasteiger partial charge in [0.05, 0.1) is 13.0 Å². The summed E-state index contributed by atoms with van der Waals surface area (Å²) >= 11 is 0. The quantitative estimate of drug-likeness (QED) is 0.323. The van der Waals surface area contributed by atoms with Gasteiger partial charge >= 0.3 is 0 Å². The maximum absolute atomic E-state index is 10.4. The van der Waals surface area contributed by atoms with Crippen molar-refractivity contribution in [2.45, 2.75) is 6.42 Å². The highest BCUT2D eigenvalue weighted by Crippen LogP contribution is 1.91. The van der Waals surface area contributed by atoms with Gasteiger partial charge in [-0.3, -0.25) is 14.4 Å². The highest BCUT2D eigenvalue weighted by atomic mass is 16.2. The molecule has 0 spiro atoms. The van der Waals surface area contributed by atoms with Crippen molar-refractivity contribution in [2.24, 2.45) is 0 Å². The molecule has 0 aliphatic carbocycles. The van der Waals surface area contributed by atoms with Crippen molar-refractivity contribution < 1.29 is 14.4 Å². The summed E-state index contributed by atoms with van der Waals surface area (Å²) in [6.45, 7) is 0.00454. The number of amides is 1. The zero-order valence-electron chi connectivity index (χ0n) is 4.64. The minimum Gasteiger partial charge on any atom is -0.342 e. The zero-order valence-corrected chi connectivity index (χ0v) is 4.64. The Morgan fingerprint density at radius 2 is 1.89 bits per heavy atom. The smallest absolute Gasteiger partial charge is 0.288 e. The second kappa shape index (κ2) is 1.97. The topological polar surface area (TPSA) is 63.2 Å². The van der Waals surface area contributed by atoms with Crippen LogP contribution in [-0.2, 0) is 14.4 Å². The SMILES string of the molecule is O=C1CNC(=O)C(=O)C1. The van der Waals surface area contributed by atoms with Crippen molar-refractivity contribution in [3.05, 3.63) is 0 Å². The van der Waals surface area contributed by atoms with E-state index in [0.717, 1.165) is 0 Å². The van der Waals surface area contributed by atoms with Crippen molar-refractivity contribution in [3.63, 3.8) is 0 Å². The normalized spacial score (nSPS) is 19.8. The van der Waals surface area contributed by atoms with Gasteiger partial charge in [0.25, 0.3) is 5.91 Å². The first-order valence-corrected chi connectivity index (χ1v) is 2.53. The van der Waals surface area contributed by atoms with Gasteiger partial charge in [0.2, 0.25) is 5.78 Å². The van der Waals surface area contributed by atoms with Crippen molar-refractivity contribution in [1.82, 2.24) is 5.32 Å². The molecule has 0 aromatic carbocycles. The Bertz CT molecular complexity index is 185. The van der Waals surface area contributed by atoms with Gasteiger partial charge in [0.15, 0.2) is 5.78 Å². The van der Waals surface area contributed by atoms with Gasteiger partial charge in [-0.05, 0) is 0 Å². The fourth-order valence-electron chi connectivity index (χ4n) is 0.599. The van der Waals surface area contributed by atoms with Gasteiger partial charge < -0.3 is 5.32 Å². The Hall–Kier alpha value is -1.19. The molecule has 4 nitrogen and oxygen atoms in total. The Balaban J connectivity index is 2.64. The molecular weight excluding hydrogens is 122 g/mol. The lowest BCUT2D eigenvalue weighted by Gasteiger charge is -2.07. The molecule has 0 aromatic rings. The molecule has 1 N–H and O–H groups in total. The number of hydrogen-bond acceptors (Lipinski definition) is 3. The molecular formula is C5H5NO3. The van der Waals surface area contributed by atoms with Gasteiger partial charge in [-0.15, -0.1) is 0 Å². The molecule has 0 unspecified atom stereocenters. The monoisotopic (exact) mass is 127 g/mol. The van der Waals surface area contributed by atoms with Crippen LogP contribution in [0.15, 0.2) is 0 Å². The molecule has 1 aliphatic rings. The van der Waals surface area contributed by atoms with Crippen LogP contribution in [0.2, 0.25) is 0 Å². The van der Waals surface area contributed by atoms with Gasteiger partial charge in [-0.25, -0.2) is 0 Å². The Morgan fingerprint density at radius 3 is 2.33 bits per heavy atom. The summed E-state index contributed by atoms with van der Waals surface area (Å²) in [4.78, 5) is 31.1. The molecule has 0 bridgehead atoms. The highest BCUT2D eigenvalue weighted by molar-refractivity contribution is 6.41. The third-order valence-corrected chi connectivity index (χ3v) is 1.06. The number of nitrogens with one attached hydrogen (secondary N) is 1. The van der Waals surface area contributed by atoms with E-state index in [-0.39, 0.29) is 18.7 Å². The summed E-state index contributed by atoms with van der Waals surface area (Å²) in [7, 11) is 0. The number of carbonyl (C=O) groups excluding carboxylic acids is 3. The second-order valence-corrected chi connectivity index (χ2v) is 1.82. The Kier molecular flexibility index (Phi) is 1.30. The summed E-state index contributed by atoms with van der Waals surface area (Å²) in [6.07, 6.45) is -0.230. The molecule has 9 heavy (non-hydrogen) atoms. The van der Waals surface area contributed by atoms with E-state index in [9.17, 15) is 14.4 Å². The fourth-order valence-corrected chi connectivity index (χ4v) is 0.599. The van der Waals surface area contributed by atoms with E-state index >= 15 is 0 Å². The molecule has 1 heterocycles. The van der Waals surface area contributed by atoms with E-state index in [1.54, 1.807) is 0 Å². The number of piperidine rings is 1. The minimum atomic E-state index is -0.644. The molecule has 4 heteroatoms. The lowest BCUT2D eigenvalue weighted by Crippen LogP contribution is -2.42. The zero-order chi connectivity index (χ0) is 6.85. The van der Waals surface area contributed by atoms with Crippen LogP contribution in [0.4, 0.5) is 0 Å². The van der Waals surface area contributed by atoms with Crippen LogP contribution >= 0.6 is 0 Å². The molecule has 0 radical (unpaired) electrons. The van der Waals surface area contributed by atoms with Crippen LogP contribution in [0.25, 0.3) is 0 Å². The average molecular weight is 127 g/mol. The number of hydrogen-bond donors (Lipinski definition) is 1. The predicted octanol–water partition coefficient (Wildman–Crippen LogP) is -1.36. The highest BCUT2D eigenvalue weighted by Gasteiger charge is 2.22. The lowest BCUT2D eigenvalue weighted by atomic mass is 10.1. The molecule has 1 aliphatic heterocycles. The predicted molar refractivity (Wildman–Crippen MR) is 27.6 cm³/mol. The first kappa shape index (κ1) is 5.94. The number of rotatable bonds is 0. The van der Waals surface area contributed by atoms with E-state index in [2.05, 4.69) is 5.32 Å². The maximum atomic E-state index is 10.4. The van der Waals surface area contributed by atoms with E-state index < -0.39 is 11.7 Å². The number of ketones is 2. The lowest BCUT2D eigenvalue weighted by molar-refractivity contribution is -0.142. The summed E-state index contributed by atoms with van der Waals surface area (Å²) in [6, 6.07) is 0. The van der Waals surface area contributed by atoms with Gasteiger partial charge in [0, 0.05) is 0 Å². The fraction of sp³-hybridized carbons (Fsp3) is 0.400. The summed E-state index contributed by atoms with van der Waals surface area (Å²) in [5, 5.41) is 2.14. The maximum Gasteiger partial charge on any atom is 0.288 e. The molecule has 1 rings (SSSR count). The van der Waals surface area contributed by atoms with E-state index in [0.29, 0.717) is 0 Å². The molecule has 1 saturated heterocycles. The van der Waals surface area contributed by atoms with Crippen LogP contribution in [0.1, 0.15) is 6.42 Å². The Labute approximate surface area is 51.2 Å². The molecule has 1 amide bonds. The summed E-state index contributed by atoms with van der Waals surface area (Å²) in [5.41, 5.74) is 0. The standard InChI is InChI=1S/C5H5NO3/c7-3-1-4(8)5(9)6-2-3/h1-2H2,(H,6,9). The molecule has 48 valence electrons. The number of Topliss-reactive ketones (excluding diaryl/α,β-unsaturated/α-hetero) is 2. The third kappa shape index (κ3) is 1.13. The largest absolute Gasteiger partial charge is 0.342 e.